The van der Waals surface area contributed by atoms with Gasteiger partial charge in [0.2, 0.25) is 0 Å². The second-order valence-corrected chi connectivity index (χ2v) is 5.60. The minimum absolute atomic E-state index is 0.103. The van der Waals surface area contributed by atoms with E-state index < -0.39 is 5.97 Å². The van der Waals surface area contributed by atoms with Crippen molar-refractivity contribution in [3.05, 3.63) is 42.2 Å². The van der Waals surface area contributed by atoms with Crippen molar-refractivity contribution in [1.29, 1.82) is 0 Å². The molecule has 0 atom stereocenters. The zero-order chi connectivity index (χ0) is 14.7. The van der Waals surface area contributed by atoms with Gasteiger partial charge < -0.3 is 14.8 Å². The molecule has 0 aliphatic heterocycles. The van der Waals surface area contributed by atoms with Gasteiger partial charge in [0.1, 0.15) is 5.76 Å². The number of thiazole rings is 1. The lowest BCUT2D eigenvalue weighted by Gasteiger charge is -1.99. The van der Waals surface area contributed by atoms with Crippen molar-refractivity contribution >= 4 is 27.5 Å². The predicted molar refractivity (Wildman–Crippen MR) is 81.3 cm³/mol. The number of furan rings is 1. The number of para-hydroxylation sites is 1. The lowest BCUT2D eigenvalue weighted by atomic mass is 10.3. The van der Waals surface area contributed by atoms with Gasteiger partial charge in [0.25, 0.3) is 0 Å². The van der Waals surface area contributed by atoms with Gasteiger partial charge in [0.15, 0.2) is 10.8 Å². The first-order valence-corrected chi connectivity index (χ1v) is 7.41. The lowest BCUT2D eigenvalue weighted by Crippen LogP contribution is -2.17. The van der Waals surface area contributed by atoms with E-state index in [0.29, 0.717) is 13.1 Å². The average Bonchev–Trinajstić information content (AvgIpc) is 3.09. The first kappa shape index (κ1) is 13.8. The van der Waals surface area contributed by atoms with E-state index >= 15 is 0 Å². The van der Waals surface area contributed by atoms with Gasteiger partial charge in [-0.25, -0.2) is 4.98 Å². The van der Waals surface area contributed by atoms with Crippen molar-refractivity contribution in [2.24, 2.45) is 0 Å². The molecule has 21 heavy (non-hydrogen) atoms. The van der Waals surface area contributed by atoms with E-state index in [9.17, 15) is 4.79 Å². The summed E-state index contributed by atoms with van der Waals surface area (Å²) in [6, 6.07) is 11.7. The van der Waals surface area contributed by atoms with Crippen LogP contribution in [0.2, 0.25) is 0 Å². The molecule has 108 valence electrons. The molecule has 5 nitrogen and oxygen atoms in total. The molecule has 2 aromatic heterocycles. The molecular weight excluding hydrogens is 288 g/mol. The Morgan fingerprint density at radius 3 is 2.95 bits per heavy atom. The number of rotatable bonds is 6. The standard InChI is InChI=1S/C15H14N2O3S/c18-14(19)7-8-16-9-10-5-6-12(20-10)15-17-11-3-1-2-4-13(11)21-15/h1-6,16H,7-9H2,(H,18,19). The second kappa shape index (κ2) is 6.07. The SMILES string of the molecule is O=C(O)CCNCc1ccc(-c2nc3ccccc3s2)o1. The van der Waals surface area contributed by atoms with Gasteiger partial charge in [-0.15, -0.1) is 11.3 Å². The molecule has 0 saturated carbocycles. The van der Waals surface area contributed by atoms with Gasteiger partial charge in [0.05, 0.1) is 23.2 Å². The number of aromatic nitrogens is 1. The largest absolute Gasteiger partial charge is 0.481 e. The van der Waals surface area contributed by atoms with E-state index in [0.717, 1.165) is 26.7 Å². The van der Waals surface area contributed by atoms with Crippen LogP contribution in [0, 0.1) is 0 Å². The van der Waals surface area contributed by atoms with E-state index in [4.69, 9.17) is 9.52 Å². The Labute approximate surface area is 125 Å². The molecule has 0 bridgehead atoms. The molecule has 2 N–H and O–H groups in total. The number of aliphatic carboxylic acids is 1. The number of carboxylic acids is 1. The van der Waals surface area contributed by atoms with Crippen LogP contribution in [-0.4, -0.2) is 22.6 Å². The van der Waals surface area contributed by atoms with Crippen molar-refractivity contribution in [2.45, 2.75) is 13.0 Å². The number of carbonyl (C=O) groups is 1. The summed E-state index contributed by atoms with van der Waals surface area (Å²) >= 11 is 1.59. The van der Waals surface area contributed by atoms with Gasteiger partial charge in [-0.05, 0) is 24.3 Å². The van der Waals surface area contributed by atoms with Crippen LogP contribution < -0.4 is 5.32 Å². The Hall–Kier alpha value is -2.18. The van der Waals surface area contributed by atoms with Gasteiger partial charge >= 0.3 is 5.97 Å². The third-order valence-corrected chi connectivity index (χ3v) is 4.03. The summed E-state index contributed by atoms with van der Waals surface area (Å²) in [6.07, 6.45) is 0.103. The highest BCUT2D eigenvalue weighted by molar-refractivity contribution is 7.21. The summed E-state index contributed by atoms with van der Waals surface area (Å²) < 4.78 is 6.87. The molecule has 3 rings (SSSR count). The van der Waals surface area contributed by atoms with E-state index in [-0.39, 0.29) is 6.42 Å². The quantitative estimate of drug-likeness (QED) is 0.684. The van der Waals surface area contributed by atoms with Crippen LogP contribution in [0.25, 0.3) is 21.0 Å². The molecule has 0 aliphatic rings. The van der Waals surface area contributed by atoms with Crippen molar-refractivity contribution in [3.63, 3.8) is 0 Å². The maximum absolute atomic E-state index is 10.4. The van der Waals surface area contributed by atoms with Crippen molar-refractivity contribution in [1.82, 2.24) is 10.3 Å². The second-order valence-electron chi connectivity index (χ2n) is 4.57. The van der Waals surface area contributed by atoms with Gasteiger partial charge in [-0.3, -0.25) is 4.79 Å². The summed E-state index contributed by atoms with van der Waals surface area (Å²) in [6.45, 7) is 0.935. The normalized spacial score (nSPS) is 11.0. The Bertz CT molecular complexity index is 730. The maximum atomic E-state index is 10.4. The van der Waals surface area contributed by atoms with E-state index in [1.165, 1.54) is 0 Å². The summed E-state index contributed by atoms with van der Waals surface area (Å²) in [7, 11) is 0. The molecule has 0 spiro atoms. The highest BCUT2D eigenvalue weighted by Gasteiger charge is 2.10. The number of benzene rings is 1. The Balaban J connectivity index is 1.68. The molecule has 0 saturated heterocycles. The monoisotopic (exact) mass is 302 g/mol. The Morgan fingerprint density at radius 2 is 2.14 bits per heavy atom. The van der Waals surface area contributed by atoms with Crippen LogP contribution in [0.3, 0.4) is 0 Å². The van der Waals surface area contributed by atoms with Crippen molar-refractivity contribution in [3.8, 4) is 10.8 Å². The molecule has 3 aromatic rings. The van der Waals surface area contributed by atoms with Crippen LogP contribution in [0.1, 0.15) is 12.2 Å². The number of nitrogens with zero attached hydrogens (tertiary/aromatic N) is 1. The molecule has 0 aliphatic carbocycles. The van der Waals surface area contributed by atoms with Crippen molar-refractivity contribution in [2.75, 3.05) is 6.54 Å². The van der Waals surface area contributed by atoms with E-state index in [1.807, 2.05) is 36.4 Å². The molecule has 0 unspecified atom stereocenters. The Morgan fingerprint density at radius 1 is 1.29 bits per heavy atom. The maximum Gasteiger partial charge on any atom is 0.304 e. The predicted octanol–water partition coefficient (Wildman–Crippen LogP) is 3.12. The summed E-state index contributed by atoms with van der Waals surface area (Å²) in [4.78, 5) is 15.0. The van der Waals surface area contributed by atoms with Gasteiger partial charge in [-0.2, -0.15) is 0 Å². The fraction of sp³-hybridized carbons (Fsp3) is 0.200. The number of nitrogens with one attached hydrogen (secondary N) is 1. The molecule has 0 radical (unpaired) electrons. The van der Waals surface area contributed by atoms with Crippen LogP contribution in [-0.2, 0) is 11.3 Å². The number of fused-ring (bicyclic) bond motifs is 1. The summed E-state index contributed by atoms with van der Waals surface area (Å²) in [5.41, 5.74) is 0.968. The topological polar surface area (TPSA) is 75.4 Å². The van der Waals surface area contributed by atoms with Gasteiger partial charge in [-0.1, -0.05) is 12.1 Å². The highest BCUT2D eigenvalue weighted by atomic mass is 32.1. The zero-order valence-corrected chi connectivity index (χ0v) is 12.0. The van der Waals surface area contributed by atoms with E-state index in [2.05, 4.69) is 10.3 Å². The smallest absolute Gasteiger partial charge is 0.304 e. The number of hydrogen-bond acceptors (Lipinski definition) is 5. The zero-order valence-electron chi connectivity index (χ0n) is 11.2. The summed E-state index contributed by atoms with van der Waals surface area (Å²) in [5.74, 6) is 0.706. The first-order valence-electron chi connectivity index (χ1n) is 6.59. The fourth-order valence-electron chi connectivity index (χ4n) is 1.97. The summed E-state index contributed by atoms with van der Waals surface area (Å²) in [5, 5.41) is 12.4. The lowest BCUT2D eigenvalue weighted by molar-refractivity contribution is -0.136. The van der Waals surface area contributed by atoms with Gasteiger partial charge in [0, 0.05) is 6.54 Å². The van der Waals surface area contributed by atoms with Crippen LogP contribution >= 0.6 is 11.3 Å². The molecule has 6 heteroatoms. The molecule has 0 amide bonds. The third kappa shape index (κ3) is 3.29. The van der Waals surface area contributed by atoms with Crippen LogP contribution in [0.4, 0.5) is 0 Å². The molecule has 1 aromatic carbocycles. The molecule has 2 heterocycles. The Kier molecular flexibility index (Phi) is 3.98. The minimum atomic E-state index is -0.808. The third-order valence-electron chi connectivity index (χ3n) is 2.98. The van der Waals surface area contributed by atoms with Crippen molar-refractivity contribution < 1.29 is 14.3 Å². The fourth-order valence-corrected chi connectivity index (χ4v) is 2.90. The molecule has 0 fully saturated rings. The average molecular weight is 302 g/mol. The highest BCUT2D eigenvalue weighted by Crippen LogP contribution is 2.30. The molecular formula is C15H14N2O3S. The van der Waals surface area contributed by atoms with Crippen LogP contribution in [0.5, 0.6) is 0 Å². The number of carboxylic acid groups (broad SMARTS) is 1. The minimum Gasteiger partial charge on any atom is -0.481 e. The van der Waals surface area contributed by atoms with Crippen LogP contribution in [0.15, 0.2) is 40.8 Å². The number of hydrogen-bond donors (Lipinski definition) is 2. The first-order chi connectivity index (χ1) is 10.2. The van der Waals surface area contributed by atoms with E-state index in [1.54, 1.807) is 11.3 Å².